The van der Waals surface area contributed by atoms with Crippen molar-refractivity contribution >= 4 is 17.7 Å². The molecule has 132 valence electrons. The number of carboxylic acids is 1. The van der Waals surface area contributed by atoms with E-state index in [1.807, 2.05) is 32.5 Å². The Morgan fingerprint density at radius 2 is 1.95 bits per heavy atom. The summed E-state index contributed by atoms with van der Waals surface area (Å²) in [6.07, 6.45) is 1.04. The van der Waals surface area contributed by atoms with E-state index in [0.717, 1.165) is 12.2 Å². The van der Waals surface area contributed by atoms with Crippen molar-refractivity contribution in [2.24, 2.45) is 0 Å². The van der Waals surface area contributed by atoms with Crippen LogP contribution in [0.5, 0.6) is 0 Å². The van der Waals surface area contributed by atoms with Gasteiger partial charge in [0.2, 0.25) is 0 Å². The van der Waals surface area contributed by atoms with Gasteiger partial charge in [-0.15, -0.1) is 0 Å². The van der Waals surface area contributed by atoms with Crippen molar-refractivity contribution in [3.05, 3.63) is 0 Å². The molecule has 0 aromatic rings. The molecule has 3 atom stereocenters. The first kappa shape index (κ1) is 21.7. The van der Waals surface area contributed by atoms with Gasteiger partial charge in [0, 0.05) is 18.4 Å². The van der Waals surface area contributed by atoms with Gasteiger partial charge in [-0.25, -0.2) is 0 Å². The Bertz CT molecular complexity index is 315. The maximum absolute atomic E-state index is 11.0. The molecular weight excluding hydrogens is 302 g/mol. The second kappa shape index (κ2) is 11.3. The molecular formula is C16H33NO4S. The smallest absolute Gasteiger partial charge is 0.307 e. The van der Waals surface area contributed by atoms with Crippen LogP contribution in [0.3, 0.4) is 0 Å². The van der Waals surface area contributed by atoms with E-state index < -0.39 is 11.7 Å². The largest absolute Gasteiger partial charge is 0.481 e. The van der Waals surface area contributed by atoms with Gasteiger partial charge in [-0.3, -0.25) is 10.1 Å². The summed E-state index contributed by atoms with van der Waals surface area (Å²) >= 11 is 1.91. The van der Waals surface area contributed by atoms with Crippen LogP contribution in [0, 0.1) is 0 Å². The zero-order chi connectivity index (χ0) is 17.2. The van der Waals surface area contributed by atoms with Gasteiger partial charge in [0.15, 0.2) is 0 Å². The summed E-state index contributed by atoms with van der Waals surface area (Å²) in [5.41, 5.74) is -0.861. The molecule has 0 amide bonds. The SMILES string of the molecule is CCOC(C)(CC(=O)O)NCC(CC(C)SCC)OC(C)C. The highest BCUT2D eigenvalue weighted by atomic mass is 32.2. The fourth-order valence-electron chi connectivity index (χ4n) is 2.40. The molecule has 0 aromatic carbocycles. The van der Waals surface area contributed by atoms with Gasteiger partial charge >= 0.3 is 5.97 Å². The predicted octanol–water partition coefficient (Wildman–Crippen LogP) is 3.13. The van der Waals surface area contributed by atoms with Crippen LogP contribution in [-0.4, -0.2) is 53.2 Å². The molecule has 0 bridgehead atoms. The lowest BCUT2D eigenvalue weighted by atomic mass is 10.1. The molecule has 0 spiro atoms. The first-order valence-electron chi connectivity index (χ1n) is 8.10. The number of aliphatic carboxylic acids is 1. The number of carbonyl (C=O) groups is 1. The molecule has 6 heteroatoms. The molecule has 2 N–H and O–H groups in total. The van der Waals surface area contributed by atoms with Crippen LogP contribution in [0.2, 0.25) is 0 Å². The van der Waals surface area contributed by atoms with Crippen LogP contribution in [0.15, 0.2) is 0 Å². The summed E-state index contributed by atoms with van der Waals surface area (Å²) in [7, 11) is 0. The molecule has 0 rings (SSSR count). The number of hydrogen-bond donors (Lipinski definition) is 2. The van der Waals surface area contributed by atoms with Crippen molar-refractivity contribution in [3.8, 4) is 0 Å². The second-order valence-electron chi connectivity index (χ2n) is 5.92. The Morgan fingerprint density at radius 1 is 1.32 bits per heavy atom. The molecule has 5 nitrogen and oxygen atoms in total. The third-order valence-corrected chi connectivity index (χ3v) is 4.26. The zero-order valence-corrected chi connectivity index (χ0v) is 15.7. The van der Waals surface area contributed by atoms with E-state index in [4.69, 9.17) is 14.6 Å². The first-order chi connectivity index (χ1) is 10.2. The lowest BCUT2D eigenvalue weighted by Gasteiger charge is -2.32. The van der Waals surface area contributed by atoms with Crippen molar-refractivity contribution in [2.75, 3.05) is 18.9 Å². The van der Waals surface area contributed by atoms with Gasteiger partial charge in [-0.1, -0.05) is 13.8 Å². The number of rotatable bonds is 13. The summed E-state index contributed by atoms with van der Waals surface area (Å²) < 4.78 is 11.6. The molecule has 22 heavy (non-hydrogen) atoms. The van der Waals surface area contributed by atoms with Crippen LogP contribution in [0.4, 0.5) is 0 Å². The maximum atomic E-state index is 11.0. The highest BCUT2D eigenvalue weighted by Crippen LogP contribution is 2.19. The van der Waals surface area contributed by atoms with E-state index in [2.05, 4.69) is 19.2 Å². The Labute approximate surface area is 139 Å². The standard InChI is InChI=1S/C16H33NO4S/c1-7-20-16(6,10-15(18)19)17-11-14(21-12(3)4)9-13(5)22-8-2/h12-14,17H,7-11H2,1-6H3,(H,18,19). The van der Waals surface area contributed by atoms with Gasteiger partial charge in [0.05, 0.1) is 18.6 Å². The summed E-state index contributed by atoms with van der Waals surface area (Å²) in [4.78, 5) is 11.0. The molecule has 0 heterocycles. The fraction of sp³-hybridized carbons (Fsp3) is 0.938. The Hall–Kier alpha value is -0.300. The molecule has 0 aliphatic heterocycles. The summed E-state index contributed by atoms with van der Waals surface area (Å²) in [6.45, 7) is 13.1. The third-order valence-electron chi connectivity index (χ3n) is 3.17. The van der Waals surface area contributed by atoms with E-state index >= 15 is 0 Å². The highest BCUT2D eigenvalue weighted by Gasteiger charge is 2.29. The molecule has 0 saturated heterocycles. The average Bonchev–Trinajstić information content (AvgIpc) is 2.35. The number of nitrogens with one attached hydrogen (secondary N) is 1. The van der Waals surface area contributed by atoms with Crippen LogP contribution >= 0.6 is 11.8 Å². The fourth-order valence-corrected chi connectivity index (χ4v) is 3.32. The van der Waals surface area contributed by atoms with E-state index in [1.165, 1.54) is 0 Å². The van der Waals surface area contributed by atoms with E-state index in [-0.39, 0.29) is 18.6 Å². The van der Waals surface area contributed by atoms with Crippen molar-refractivity contribution in [1.82, 2.24) is 5.32 Å². The third kappa shape index (κ3) is 10.4. The topological polar surface area (TPSA) is 67.8 Å². The normalized spacial score (nSPS) is 17.2. The molecule has 3 unspecified atom stereocenters. The van der Waals surface area contributed by atoms with Gasteiger partial charge in [0.1, 0.15) is 5.72 Å². The number of thioether (sulfide) groups is 1. The van der Waals surface area contributed by atoms with Gasteiger partial charge < -0.3 is 14.6 Å². The van der Waals surface area contributed by atoms with Crippen LogP contribution < -0.4 is 5.32 Å². The first-order valence-corrected chi connectivity index (χ1v) is 9.15. The lowest BCUT2D eigenvalue weighted by molar-refractivity contribution is -0.147. The summed E-state index contributed by atoms with van der Waals surface area (Å²) in [5, 5.41) is 12.8. The lowest BCUT2D eigenvalue weighted by Crippen LogP contribution is -2.50. The van der Waals surface area contributed by atoms with Crippen LogP contribution in [0.1, 0.15) is 54.4 Å². The Morgan fingerprint density at radius 3 is 2.41 bits per heavy atom. The van der Waals surface area contributed by atoms with Crippen molar-refractivity contribution < 1.29 is 19.4 Å². The van der Waals surface area contributed by atoms with Crippen molar-refractivity contribution in [3.63, 3.8) is 0 Å². The van der Waals surface area contributed by atoms with Gasteiger partial charge in [0.25, 0.3) is 0 Å². The minimum atomic E-state index is -0.875. The monoisotopic (exact) mass is 335 g/mol. The number of ether oxygens (including phenoxy) is 2. The zero-order valence-electron chi connectivity index (χ0n) is 14.8. The van der Waals surface area contributed by atoms with Gasteiger partial charge in [-0.05, 0) is 39.9 Å². The van der Waals surface area contributed by atoms with E-state index in [0.29, 0.717) is 18.4 Å². The minimum Gasteiger partial charge on any atom is -0.481 e. The molecule has 0 aromatic heterocycles. The van der Waals surface area contributed by atoms with Gasteiger partial charge in [-0.2, -0.15) is 11.8 Å². The predicted molar refractivity (Wildman–Crippen MR) is 92.5 cm³/mol. The quantitative estimate of drug-likeness (QED) is 0.504. The molecule has 0 aliphatic rings. The minimum absolute atomic E-state index is 0.0441. The van der Waals surface area contributed by atoms with Crippen molar-refractivity contribution in [1.29, 1.82) is 0 Å². The molecule has 0 saturated carbocycles. The van der Waals surface area contributed by atoms with E-state index in [9.17, 15) is 4.79 Å². The summed E-state index contributed by atoms with van der Waals surface area (Å²) in [5.74, 6) is 0.207. The Balaban J connectivity index is 4.64. The molecule has 0 radical (unpaired) electrons. The molecule has 0 fully saturated rings. The number of carboxylic acid groups (broad SMARTS) is 1. The van der Waals surface area contributed by atoms with E-state index in [1.54, 1.807) is 6.92 Å². The maximum Gasteiger partial charge on any atom is 0.307 e. The summed E-state index contributed by atoms with van der Waals surface area (Å²) in [6, 6.07) is 0. The Kier molecular flexibility index (Phi) is 11.1. The highest BCUT2D eigenvalue weighted by molar-refractivity contribution is 7.99. The molecule has 0 aliphatic carbocycles. The number of hydrogen-bond acceptors (Lipinski definition) is 5. The van der Waals surface area contributed by atoms with Crippen LogP contribution in [0.25, 0.3) is 0 Å². The van der Waals surface area contributed by atoms with Crippen LogP contribution in [-0.2, 0) is 14.3 Å². The van der Waals surface area contributed by atoms with Crippen molar-refractivity contribution in [2.45, 2.75) is 77.6 Å². The average molecular weight is 336 g/mol. The second-order valence-corrected chi connectivity index (χ2v) is 7.64.